The Balaban J connectivity index is 2.37. The Kier molecular flexibility index (Phi) is 1.98. The molecule has 1 aliphatic heterocycles. The molecule has 0 N–H and O–H groups in total. The zero-order chi connectivity index (χ0) is 10.2. The van der Waals surface area contributed by atoms with Crippen molar-refractivity contribution in [3.63, 3.8) is 0 Å². The van der Waals surface area contributed by atoms with E-state index in [1.165, 1.54) is 12.1 Å². The largest absolute Gasteiger partial charge is 0.432 e. The van der Waals surface area contributed by atoms with E-state index in [1.54, 1.807) is 6.07 Å². The van der Waals surface area contributed by atoms with E-state index in [1.807, 2.05) is 0 Å². The van der Waals surface area contributed by atoms with Crippen LogP contribution in [0.25, 0.3) is 0 Å². The summed E-state index contributed by atoms with van der Waals surface area (Å²) < 4.78 is 30.0. The number of rotatable bonds is 1. The molecule has 0 aromatic heterocycles. The summed E-state index contributed by atoms with van der Waals surface area (Å²) in [6, 6.07) is 4.46. The second kappa shape index (κ2) is 3.04. The number of aldehydes is 1. The molecule has 1 aromatic carbocycles. The number of aryl methyl sites for hydroxylation is 1. The van der Waals surface area contributed by atoms with Crippen LogP contribution in [-0.4, -0.2) is 12.4 Å². The highest BCUT2D eigenvalue weighted by Crippen LogP contribution is 2.35. The Morgan fingerprint density at radius 3 is 2.93 bits per heavy atom. The molecule has 2 nitrogen and oxygen atoms in total. The molecule has 0 saturated carbocycles. The lowest BCUT2D eigenvalue weighted by atomic mass is 10.0. The summed E-state index contributed by atoms with van der Waals surface area (Å²) in [7, 11) is 0. The van der Waals surface area contributed by atoms with Crippen LogP contribution in [0.1, 0.15) is 22.3 Å². The molecule has 2 rings (SSSR count). The predicted octanol–water partition coefficient (Wildman–Crippen LogP) is 2.42. The van der Waals surface area contributed by atoms with Crippen LogP contribution in [0.2, 0.25) is 0 Å². The highest BCUT2D eigenvalue weighted by atomic mass is 19.3. The Morgan fingerprint density at radius 1 is 1.43 bits per heavy atom. The monoisotopic (exact) mass is 198 g/mol. The summed E-state index contributed by atoms with van der Waals surface area (Å²) in [6.07, 6.45) is -2.48. The Hall–Kier alpha value is -1.45. The van der Waals surface area contributed by atoms with E-state index in [0.29, 0.717) is 17.4 Å². The molecule has 1 aromatic rings. The van der Waals surface area contributed by atoms with Gasteiger partial charge in [0.25, 0.3) is 0 Å². The first kappa shape index (κ1) is 9.12. The summed E-state index contributed by atoms with van der Waals surface area (Å²) in [5.41, 5.74) is 1.15. The minimum absolute atomic E-state index is 0.173. The zero-order valence-corrected chi connectivity index (χ0v) is 7.30. The Morgan fingerprint density at radius 2 is 2.21 bits per heavy atom. The number of alkyl halides is 2. The maximum Gasteiger partial charge on any atom is 0.398 e. The quantitative estimate of drug-likeness (QED) is 0.648. The van der Waals surface area contributed by atoms with Crippen molar-refractivity contribution in [3.05, 3.63) is 29.3 Å². The third-order valence-electron chi connectivity index (χ3n) is 2.17. The summed E-state index contributed by atoms with van der Waals surface area (Å²) in [6.45, 7) is 0. The highest BCUT2D eigenvalue weighted by Gasteiger charge is 2.35. The van der Waals surface area contributed by atoms with Crippen molar-refractivity contribution in [2.75, 3.05) is 0 Å². The van der Waals surface area contributed by atoms with Gasteiger partial charge in [-0.1, -0.05) is 0 Å². The normalized spacial score (nSPS) is 18.1. The van der Waals surface area contributed by atoms with Crippen LogP contribution in [0.15, 0.2) is 18.2 Å². The number of hydrogen-bond acceptors (Lipinski definition) is 2. The van der Waals surface area contributed by atoms with E-state index < -0.39 is 6.11 Å². The third-order valence-corrected chi connectivity index (χ3v) is 2.17. The molecule has 0 radical (unpaired) electrons. The van der Waals surface area contributed by atoms with Gasteiger partial charge in [-0.2, -0.15) is 8.78 Å². The number of ether oxygens (including phenoxy) is 1. The summed E-state index contributed by atoms with van der Waals surface area (Å²) in [5.74, 6) is 0.173. The number of halogens is 2. The van der Waals surface area contributed by atoms with Gasteiger partial charge < -0.3 is 4.74 Å². The molecule has 1 aliphatic rings. The van der Waals surface area contributed by atoms with Crippen molar-refractivity contribution in [2.24, 2.45) is 0 Å². The van der Waals surface area contributed by atoms with Crippen molar-refractivity contribution < 1.29 is 18.3 Å². The number of benzene rings is 1. The molecule has 0 saturated heterocycles. The average molecular weight is 198 g/mol. The average Bonchev–Trinajstić information content (AvgIpc) is 2.16. The lowest BCUT2D eigenvalue weighted by molar-refractivity contribution is -0.187. The number of hydrogen-bond donors (Lipinski definition) is 0. The second-order valence-corrected chi connectivity index (χ2v) is 3.22. The molecular weight excluding hydrogens is 190 g/mol. The van der Waals surface area contributed by atoms with Gasteiger partial charge in [-0.15, -0.1) is 0 Å². The van der Waals surface area contributed by atoms with Gasteiger partial charge in [0.2, 0.25) is 0 Å². The number of fused-ring (bicyclic) bond motifs is 1. The minimum atomic E-state index is -3.07. The fourth-order valence-corrected chi connectivity index (χ4v) is 1.46. The van der Waals surface area contributed by atoms with E-state index in [0.717, 1.165) is 0 Å². The van der Waals surface area contributed by atoms with Crippen molar-refractivity contribution in [1.29, 1.82) is 0 Å². The molecule has 0 fully saturated rings. The lowest BCUT2D eigenvalue weighted by Crippen LogP contribution is -2.29. The molecular formula is C10H8F2O2. The van der Waals surface area contributed by atoms with Gasteiger partial charge in [-0.05, 0) is 30.2 Å². The molecule has 0 atom stereocenters. The molecule has 4 heteroatoms. The van der Waals surface area contributed by atoms with Crippen LogP contribution in [0.3, 0.4) is 0 Å². The molecule has 0 amide bonds. The Labute approximate surface area is 79.5 Å². The van der Waals surface area contributed by atoms with Crippen molar-refractivity contribution in [3.8, 4) is 5.75 Å². The molecule has 0 spiro atoms. The smallest absolute Gasteiger partial charge is 0.398 e. The summed E-state index contributed by atoms with van der Waals surface area (Å²) in [5, 5.41) is 0. The number of carbonyl (C=O) groups is 1. The maximum atomic E-state index is 12.8. The third kappa shape index (κ3) is 1.60. The van der Waals surface area contributed by atoms with Crippen LogP contribution in [0.5, 0.6) is 5.75 Å². The van der Waals surface area contributed by atoms with Gasteiger partial charge in [0.15, 0.2) is 0 Å². The number of carbonyl (C=O) groups excluding carboxylic acids is 1. The zero-order valence-electron chi connectivity index (χ0n) is 7.30. The van der Waals surface area contributed by atoms with Gasteiger partial charge in [-0.3, -0.25) is 4.79 Å². The molecule has 14 heavy (non-hydrogen) atoms. The standard InChI is InChI=1S/C10H8F2O2/c11-10(12)4-3-8-5-7(6-13)1-2-9(8)14-10/h1-2,5-6H,3-4H2. The van der Waals surface area contributed by atoms with E-state index in [9.17, 15) is 13.6 Å². The van der Waals surface area contributed by atoms with Gasteiger partial charge >= 0.3 is 6.11 Å². The lowest BCUT2D eigenvalue weighted by Gasteiger charge is -2.25. The highest BCUT2D eigenvalue weighted by molar-refractivity contribution is 5.75. The van der Waals surface area contributed by atoms with E-state index in [-0.39, 0.29) is 18.6 Å². The Bertz CT molecular complexity index is 374. The van der Waals surface area contributed by atoms with Gasteiger partial charge in [-0.25, -0.2) is 0 Å². The molecule has 0 aliphatic carbocycles. The van der Waals surface area contributed by atoms with Gasteiger partial charge in [0.05, 0.1) is 6.42 Å². The minimum Gasteiger partial charge on any atom is -0.432 e. The van der Waals surface area contributed by atoms with E-state index >= 15 is 0 Å². The molecule has 74 valence electrons. The first-order chi connectivity index (χ1) is 6.61. The fourth-order valence-electron chi connectivity index (χ4n) is 1.46. The van der Waals surface area contributed by atoms with Crippen LogP contribution in [0, 0.1) is 0 Å². The topological polar surface area (TPSA) is 26.3 Å². The van der Waals surface area contributed by atoms with Crippen LogP contribution in [0.4, 0.5) is 8.78 Å². The van der Waals surface area contributed by atoms with Crippen molar-refractivity contribution in [1.82, 2.24) is 0 Å². The van der Waals surface area contributed by atoms with Gasteiger partial charge in [0.1, 0.15) is 12.0 Å². The SMILES string of the molecule is O=Cc1ccc2c(c1)CCC(F)(F)O2. The van der Waals surface area contributed by atoms with Crippen LogP contribution < -0.4 is 4.74 Å². The summed E-state index contributed by atoms with van der Waals surface area (Å²) >= 11 is 0. The van der Waals surface area contributed by atoms with Crippen molar-refractivity contribution in [2.45, 2.75) is 19.0 Å². The molecule has 0 unspecified atom stereocenters. The van der Waals surface area contributed by atoms with Crippen LogP contribution >= 0.6 is 0 Å². The van der Waals surface area contributed by atoms with Crippen molar-refractivity contribution >= 4 is 6.29 Å². The first-order valence-corrected chi connectivity index (χ1v) is 4.26. The fraction of sp³-hybridized carbons (Fsp3) is 0.300. The predicted molar refractivity (Wildman–Crippen MR) is 45.7 cm³/mol. The van der Waals surface area contributed by atoms with E-state index in [4.69, 9.17) is 0 Å². The van der Waals surface area contributed by atoms with E-state index in [2.05, 4.69) is 4.74 Å². The summed E-state index contributed by atoms with van der Waals surface area (Å²) in [4.78, 5) is 10.4. The second-order valence-electron chi connectivity index (χ2n) is 3.22. The van der Waals surface area contributed by atoms with Gasteiger partial charge in [0, 0.05) is 5.56 Å². The maximum absolute atomic E-state index is 12.8. The molecule has 1 heterocycles. The molecule has 0 bridgehead atoms. The van der Waals surface area contributed by atoms with Crippen LogP contribution in [-0.2, 0) is 6.42 Å². The first-order valence-electron chi connectivity index (χ1n) is 4.26.